The molecule has 2 fully saturated rings. The number of phenols is 1. The zero-order valence-corrected chi connectivity index (χ0v) is 20.9. The average Bonchev–Trinajstić information content (AvgIpc) is 3.68. The number of nitrogens with one attached hydrogen (secondary N) is 1. The van der Waals surface area contributed by atoms with Gasteiger partial charge in [0.15, 0.2) is 17.3 Å². The molecule has 2 aromatic carbocycles. The van der Waals surface area contributed by atoms with Crippen molar-refractivity contribution in [2.75, 3.05) is 26.0 Å². The minimum Gasteiger partial charge on any atom is -0.504 e. The number of fused-ring (bicyclic) bond motifs is 1. The molecule has 0 spiro atoms. The van der Waals surface area contributed by atoms with E-state index in [4.69, 9.17) is 11.6 Å². The van der Waals surface area contributed by atoms with Gasteiger partial charge in [0.2, 0.25) is 0 Å². The van der Waals surface area contributed by atoms with Gasteiger partial charge in [0, 0.05) is 30.1 Å². The molecule has 0 unspecified atom stereocenters. The number of hydrogen-bond acceptors (Lipinski definition) is 5. The molecule has 0 amide bonds. The summed E-state index contributed by atoms with van der Waals surface area (Å²) >= 11 is 6.04. The van der Waals surface area contributed by atoms with Crippen LogP contribution in [0.5, 0.6) is 5.75 Å². The molecule has 35 heavy (non-hydrogen) atoms. The van der Waals surface area contributed by atoms with Crippen molar-refractivity contribution in [1.82, 2.24) is 9.88 Å². The summed E-state index contributed by atoms with van der Waals surface area (Å²) in [5.41, 5.74) is 3.54. The van der Waals surface area contributed by atoms with Crippen LogP contribution in [0.1, 0.15) is 48.9 Å². The van der Waals surface area contributed by atoms with Crippen LogP contribution in [0.2, 0.25) is 5.02 Å². The van der Waals surface area contributed by atoms with E-state index in [1.807, 2.05) is 18.2 Å². The first-order chi connectivity index (χ1) is 16.8. The summed E-state index contributed by atoms with van der Waals surface area (Å²) in [5, 5.41) is 14.3. The molecule has 1 aromatic heterocycles. The number of halogens is 2. The summed E-state index contributed by atoms with van der Waals surface area (Å²) in [7, 11) is 4.24. The molecule has 184 valence electrons. The summed E-state index contributed by atoms with van der Waals surface area (Å²) < 4.78 is 14.2. The van der Waals surface area contributed by atoms with Crippen LogP contribution in [-0.2, 0) is 0 Å². The minimum absolute atomic E-state index is 0.0382. The Labute approximate surface area is 210 Å². The van der Waals surface area contributed by atoms with Crippen LogP contribution >= 0.6 is 11.6 Å². The van der Waals surface area contributed by atoms with Gasteiger partial charge in [0.05, 0.1) is 21.8 Å². The number of anilines is 1. The normalized spacial score (nSPS) is 20.4. The third-order valence-electron chi connectivity index (χ3n) is 7.25. The molecule has 0 bridgehead atoms. The van der Waals surface area contributed by atoms with Gasteiger partial charge in [-0.2, -0.15) is 0 Å². The Morgan fingerprint density at radius 3 is 2.51 bits per heavy atom. The highest BCUT2D eigenvalue weighted by Gasteiger charge is 2.33. The molecule has 0 saturated heterocycles. The van der Waals surface area contributed by atoms with Crippen molar-refractivity contribution in [3.63, 3.8) is 0 Å². The number of rotatable bonds is 7. The number of phenolic OH excluding ortho intramolecular Hbond substituents is 1. The van der Waals surface area contributed by atoms with Crippen molar-refractivity contribution in [3.8, 4) is 16.9 Å². The van der Waals surface area contributed by atoms with E-state index in [0.717, 1.165) is 67.2 Å². The quantitative estimate of drug-likeness (QED) is 0.365. The van der Waals surface area contributed by atoms with Crippen LogP contribution in [0.25, 0.3) is 22.0 Å². The summed E-state index contributed by atoms with van der Waals surface area (Å²) in [6.45, 7) is 1.10. The maximum absolute atomic E-state index is 14.2. The second-order valence-electron chi connectivity index (χ2n) is 10.3. The number of nitrogens with zero attached hydrogens (tertiary/aromatic N) is 2. The number of aromatic hydroxyl groups is 1. The van der Waals surface area contributed by atoms with Gasteiger partial charge in [-0.1, -0.05) is 17.7 Å². The van der Waals surface area contributed by atoms with Gasteiger partial charge >= 0.3 is 0 Å². The lowest BCUT2D eigenvalue weighted by atomic mass is 9.85. The van der Waals surface area contributed by atoms with Gasteiger partial charge < -0.3 is 15.3 Å². The molecule has 5 nitrogen and oxygen atoms in total. The lowest BCUT2D eigenvalue weighted by Gasteiger charge is -2.32. The minimum atomic E-state index is -0.767. The van der Waals surface area contributed by atoms with Crippen molar-refractivity contribution in [2.45, 2.75) is 44.6 Å². The highest BCUT2D eigenvalue weighted by atomic mass is 35.5. The van der Waals surface area contributed by atoms with Crippen LogP contribution in [0, 0.1) is 17.7 Å². The van der Waals surface area contributed by atoms with E-state index in [1.54, 1.807) is 12.3 Å². The van der Waals surface area contributed by atoms with Crippen LogP contribution < -0.4 is 5.32 Å². The molecule has 2 saturated carbocycles. The van der Waals surface area contributed by atoms with Crippen molar-refractivity contribution < 1.29 is 14.3 Å². The van der Waals surface area contributed by atoms with Gasteiger partial charge in [-0.05, 0) is 93.9 Å². The molecule has 2 N–H and O–H groups in total. The maximum Gasteiger partial charge on any atom is 0.170 e. The van der Waals surface area contributed by atoms with Gasteiger partial charge in [-0.15, -0.1) is 0 Å². The van der Waals surface area contributed by atoms with E-state index in [2.05, 4.69) is 29.3 Å². The van der Waals surface area contributed by atoms with Gasteiger partial charge in [0.25, 0.3) is 0 Å². The first-order valence-corrected chi connectivity index (χ1v) is 12.7. The van der Waals surface area contributed by atoms with Crippen molar-refractivity contribution in [2.24, 2.45) is 11.8 Å². The molecule has 0 radical (unpaired) electrons. The number of carbonyl (C=O) groups excluding carboxylic acids is 1. The Morgan fingerprint density at radius 2 is 1.86 bits per heavy atom. The Hall–Kier alpha value is -2.70. The fraction of sp³-hybridized carbons (Fsp3) is 0.429. The third-order valence-corrected chi connectivity index (χ3v) is 7.54. The number of carbonyl (C=O) groups is 1. The van der Waals surface area contributed by atoms with Crippen molar-refractivity contribution in [3.05, 3.63) is 52.9 Å². The molecule has 5 rings (SSSR count). The molecule has 1 heterocycles. The van der Waals surface area contributed by atoms with Gasteiger partial charge in [-0.3, -0.25) is 9.78 Å². The lowest BCUT2D eigenvalue weighted by molar-refractivity contribution is 0.0968. The van der Waals surface area contributed by atoms with Crippen molar-refractivity contribution >= 4 is 34.0 Å². The summed E-state index contributed by atoms with van der Waals surface area (Å²) in [6, 6.07) is 8.79. The average molecular weight is 496 g/mol. The predicted octanol–water partition coefficient (Wildman–Crippen LogP) is 6.52. The van der Waals surface area contributed by atoms with E-state index in [0.29, 0.717) is 17.0 Å². The monoisotopic (exact) mass is 495 g/mol. The molecular formula is C28H31ClFN3O2. The van der Waals surface area contributed by atoms with E-state index in [1.165, 1.54) is 6.07 Å². The number of Topliss-reactive ketones (excluding diaryl/α,β-unsaturated/α-hetero) is 1. The van der Waals surface area contributed by atoms with E-state index >= 15 is 0 Å². The van der Waals surface area contributed by atoms with E-state index in [9.17, 15) is 14.3 Å². The maximum atomic E-state index is 14.2. The number of aromatic nitrogens is 1. The lowest BCUT2D eigenvalue weighted by Crippen LogP contribution is -2.31. The first-order valence-electron chi connectivity index (χ1n) is 12.4. The van der Waals surface area contributed by atoms with Crippen LogP contribution in [0.15, 0.2) is 36.5 Å². The number of hydrogen-bond donors (Lipinski definition) is 2. The Morgan fingerprint density at radius 1 is 1.11 bits per heavy atom. The smallest absolute Gasteiger partial charge is 0.170 e. The second kappa shape index (κ2) is 9.75. The fourth-order valence-electron chi connectivity index (χ4n) is 5.22. The molecule has 3 aromatic rings. The highest BCUT2D eigenvalue weighted by molar-refractivity contribution is 6.32. The highest BCUT2D eigenvalue weighted by Crippen LogP contribution is 2.40. The zero-order valence-electron chi connectivity index (χ0n) is 20.2. The summed E-state index contributed by atoms with van der Waals surface area (Å²) in [5.74, 6) is -0.393. The Balaban J connectivity index is 1.52. The zero-order chi connectivity index (χ0) is 24.7. The molecule has 0 atom stereocenters. The largest absolute Gasteiger partial charge is 0.504 e. The SMILES string of the molecule is CN(C)C[C@H]1CC[C@@H](Nc2c(C(=O)C3CC3)cnc3ccc(-c4cc(F)c(O)c(Cl)c4)cc23)CC1. The topological polar surface area (TPSA) is 65.5 Å². The van der Waals surface area contributed by atoms with Crippen molar-refractivity contribution in [1.29, 1.82) is 0 Å². The van der Waals surface area contributed by atoms with Gasteiger partial charge in [0.1, 0.15) is 0 Å². The predicted molar refractivity (Wildman–Crippen MR) is 139 cm³/mol. The molecule has 0 aliphatic heterocycles. The molecule has 7 heteroatoms. The molecule has 2 aliphatic rings. The first kappa shape index (κ1) is 24.0. The van der Waals surface area contributed by atoms with E-state index in [-0.39, 0.29) is 22.8 Å². The van der Waals surface area contributed by atoms with Gasteiger partial charge in [-0.25, -0.2) is 4.39 Å². The Bertz CT molecular complexity index is 1240. The second-order valence-corrected chi connectivity index (χ2v) is 10.7. The van der Waals surface area contributed by atoms with E-state index < -0.39 is 11.6 Å². The van der Waals surface area contributed by atoms with Crippen LogP contribution in [0.4, 0.5) is 10.1 Å². The number of benzene rings is 2. The number of ketones is 1. The molecular weight excluding hydrogens is 465 g/mol. The number of pyridine rings is 1. The standard InChI is InChI=1S/C28H31ClFN3O2/c1-33(2)15-16-3-8-20(9-4-16)32-26-21-11-18(19-12-23(29)28(35)24(30)13-19)7-10-25(21)31-14-22(26)27(34)17-5-6-17/h7,10-14,16-17,20,35H,3-6,8-9,15H2,1-2H3,(H,31,32)/t16-,20+. The summed E-state index contributed by atoms with van der Waals surface area (Å²) in [4.78, 5) is 20.0. The summed E-state index contributed by atoms with van der Waals surface area (Å²) in [6.07, 6.45) is 7.98. The fourth-order valence-corrected chi connectivity index (χ4v) is 5.43. The van der Waals surface area contributed by atoms with Crippen LogP contribution in [-0.4, -0.2) is 47.5 Å². The molecule has 2 aliphatic carbocycles. The Kier molecular flexibility index (Phi) is 6.69. The van der Waals surface area contributed by atoms with Crippen LogP contribution in [0.3, 0.4) is 0 Å². The third kappa shape index (κ3) is 5.14.